The van der Waals surface area contributed by atoms with Crippen molar-refractivity contribution in [2.45, 2.75) is 0 Å². The second kappa shape index (κ2) is 7.17. The van der Waals surface area contributed by atoms with Crippen molar-refractivity contribution in [3.05, 3.63) is 78.1 Å². The molecule has 0 saturated heterocycles. The number of amides is 2. The predicted molar refractivity (Wildman–Crippen MR) is 83.3 cm³/mol. The van der Waals surface area contributed by atoms with Crippen LogP contribution >= 0.6 is 0 Å². The minimum absolute atomic E-state index is 0.182. The van der Waals surface area contributed by atoms with Crippen LogP contribution in [0.4, 0.5) is 10.1 Å². The van der Waals surface area contributed by atoms with E-state index in [1.165, 1.54) is 18.2 Å². The van der Waals surface area contributed by atoms with Crippen LogP contribution in [-0.4, -0.2) is 18.4 Å². The van der Waals surface area contributed by atoms with Gasteiger partial charge in [-0.25, -0.2) is 4.39 Å². The number of rotatable bonds is 5. The highest BCUT2D eigenvalue weighted by Crippen LogP contribution is 2.16. The first kappa shape index (κ1) is 15.4. The molecule has 0 radical (unpaired) electrons. The molecule has 2 amide bonds. The summed E-state index contributed by atoms with van der Waals surface area (Å²) in [7, 11) is 0. The smallest absolute Gasteiger partial charge is 0.255 e. The number of para-hydroxylation sites is 1. The molecule has 0 heterocycles. The van der Waals surface area contributed by atoms with Gasteiger partial charge in [-0.3, -0.25) is 9.59 Å². The number of benzene rings is 2. The van der Waals surface area contributed by atoms with Gasteiger partial charge in [-0.2, -0.15) is 0 Å². The first-order valence-electron chi connectivity index (χ1n) is 6.67. The zero-order valence-electron chi connectivity index (χ0n) is 11.8. The van der Waals surface area contributed by atoms with Gasteiger partial charge in [0.2, 0.25) is 0 Å². The van der Waals surface area contributed by atoms with E-state index in [0.717, 1.165) is 6.07 Å². The third-order valence-corrected chi connectivity index (χ3v) is 2.91. The van der Waals surface area contributed by atoms with Crippen molar-refractivity contribution in [1.29, 1.82) is 0 Å². The Morgan fingerprint density at radius 2 is 1.86 bits per heavy atom. The molecular weight excluding hydrogens is 283 g/mol. The van der Waals surface area contributed by atoms with E-state index in [1.807, 2.05) is 0 Å². The van der Waals surface area contributed by atoms with E-state index in [-0.39, 0.29) is 11.5 Å². The van der Waals surface area contributed by atoms with Crippen LogP contribution in [0.2, 0.25) is 0 Å². The molecule has 4 nitrogen and oxygen atoms in total. The molecule has 22 heavy (non-hydrogen) atoms. The highest BCUT2D eigenvalue weighted by Gasteiger charge is 2.13. The summed E-state index contributed by atoms with van der Waals surface area (Å²) in [5.74, 6) is -1.30. The highest BCUT2D eigenvalue weighted by atomic mass is 19.1. The Bertz CT molecular complexity index is 713. The molecule has 0 atom stereocenters. The van der Waals surface area contributed by atoms with Gasteiger partial charge in [0.25, 0.3) is 11.8 Å². The molecule has 0 aliphatic carbocycles. The van der Waals surface area contributed by atoms with Crippen LogP contribution in [0, 0.1) is 5.82 Å². The summed E-state index contributed by atoms with van der Waals surface area (Å²) < 4.78 is 13.2. The number of hydrogen-bond acceptors (Lipinski definition) is 2. The molecule has 0 aliphatic rings. The second-order valence-electron chi connectivity index (χ2n) is 4.51. The summed E-state index contributed by atoms with van der Waals surface area (Å²) in [6, 6.07) is 11.9. The van der Waals surface area contributed by atoms with Gasteiger partial charge in [0.05, 0.1) is 11.3 Å². The molecule has 2 aromatic rings. The van der Waals surface area contributed by atoms with Crippen LogP contribution in [0.3, 0.4) is 0 Å². The highest BCUT2D eigenvalue weighted by molar-refractivity contribution is 6.09. The maximum atomic E-state index is 13.2. The number of carbonyl (C=O) groups is 2. The first-order valence-corrected chi connectivity index (χ1v) is 6.67. The number of halogens is 1. The molecule has 0 saturated carbocycles. The van der Waals surface area contributed by atoms with Gasteiger partial charge in [-0.1, -0.05) is 24.3 Å². The minimum Gasteiger partial charge on any atom is -0.349 e. The number of carbonyl (C=O) groups excluding carboxylic acids is 2. The lowest BCUT2D eigenvalue weighted by Crippen LogP contribution is -2.25. The standard InChI is InChI=1S/C17H15FN2O2/c1-2-10-19-17(22)14-8-3-4-9-15(14)20-16(21)12-6-5-7-13(18)11-12/h2-9,11H,1,10H2,(H,19,22)(H,20,21). The molecule has 0 bridgehead atoms. The van der Waals surface area contributed by atoms with Gasteiger partial charge >= 0.3 is 0 Å². The zero-order valence-corrected chi connectivity index (χ0v) is 11.8. The number of hydrogen-bond donors (Lipinski definition) is 2. The van der Waals surface area contributed by atoms with Crippen molar-refractivity contribution in [1.82, 2.24) is 5.32 Å². The maximum absolute atomic E-state index is 13.2. The van der Waals surface area contributed by atoms with E-state index in [2.05, 4.69) is 17.2 Å². The van der Waals surface area contributed by atoms with Crippen LogP contribution in [0.1, 0.15) is 20.7 Å². The number of nitrogens with one attached hydrogen (secondary N) is 2. The fourth-order valence-corrected chi connectivity index (χ4v) is 1.87. The SMILES string of the molecule is C=CCNC(=O)c1ccccc1NC(=O)c1cccc(F)c1. The Hall–Kier alpha value is -2.95. The van der Waals surface area contributed by atoms with Crippen molar-refractivity contribution in [3.63, 3.8) is 0 Å². The molecule has 0 aliphatic heterocycles. The minimum atomic E-state index is -0.496. The van der Waals surface area contributed by atoms with E-state index >= 15 is 0 Å². The van der Waals surface area contributed by atoms with Gasteiger partial charge in [-0.05, 0) is 30.3 Å². The predicted octanol–water partition coefficient (Wildman–Crippen LogP) is 2.99. The summed E-state index contributed by atoms with van der Waals surface area (Å²) in [4.78, 5) is 24.2. The van der Waals surface area contributed by atoms with Crippen molar-refractivity contribution in [2.24, 2.45) is 0 Å². The summed E-state index contributed by atoms with van der Waals surface area (Å²) in [6.45, 7) is 3.85. The normalized spacial score (nSPS) is 9.86. The van der Waals surface area contributed by atoms with Crippen LogP contribution < -0.4 is 10.6 Å². The Balaban J connectivity index is 2.21. The average molecular weight is 298 g/mol. The summed E-state index contributed by atoms with van der Waals surface area (Å²) in [5, 5.41) is 5.26. The first-order chi connectivity index (χ1) is 10.6. The molecule has 0 aromatic heterocycles. The molecule has 0 unspecified atom stereocenters. The van der Waals surface area contributed by atoms with Crippen LogP contribution in [-0.2, 0) is 0 Å². The van der Waals surface area contributed by atoms with Crippen molar-refractivity contribution in [2.75, 3.05) is 11.9 Å². The summed E-state index contributed by atoms with van der Waals surface area (Å²) in [5.41, 5.74) is 0.869. The molecule has 112 valence electrons. The molecular formula is C17H15FN2O2. The Kier molecular flexibility index (Phi) is 5.03. The van der Waals surface area contributed by atoms with Crippen LogP contribution in [0.25, 0.3) is 0 Å². The van der Waals surface area contributed by atoms with Gasteiger partial charge < -0.3 is 10.6 Å². The van der Waals surface area contributed by atoms with Gasteiger partial charge in [0, 0.05) is 12.1 Å². The van der Waals surface area contributed by atoms with E-state index < -0.39 is 11.7 Å². The van der Waals surface area contributed by atoms with Crippen LogP contribution in [0.15, 0.2) is 61.2 Å². The third-order valence-electron chi connectivity index (χ3n) is 2.91. The molecule has 2 N–H and O–H groups in total. The lowest BCUT2D eigenvalue weighted by molar-refractivity contribution is 0.0959. The van der Waals surface area contributed by atoms with Gasteiger partial charge in [0.1, 0.15) is 5.82 Å². The molecule has 0 spiro atoms. The van der Waals surface area contributed by atoms with Crippen molar-refractivity contribution < 1.29 is 14.0 Å². The van der Waals surface area contributed by atoms with Crippen molar-refractivity contribution in [3.8, 4) is 0 Å². The zero-order chi connectivity index (χ0) is 15.9. The van der Waals surface area contributed by atoms with E-state index in [4.69, 9.17) is 0 Å². The van der Waals surface area contributed by atoms with E-state index in [1.54, 1.807) is 30.3 Å². The topological polar surface area (TPSA) is 58.2 Å². The summed E-state index contributed by atoms with van der Waals surface area (Å²) >= 11 is 0. The van der Waals surface area contributed by atoms with E-state index in [9.17, 15) is 14.0 Å². The average Bonchev–Trinajstić information content (AvgIpc) is 2.53. The molecule has 2 aromatic carbocycles. The third kappa shape index (κ3) is 3.79. The largest absolute Gasteiger partial charge is 0.349 e. The Morgan fingerprint density at radius 1 is 1.09 bits per heavy atom. The maximum Gasteiger partial charge on any atom is 0.255 e. The molecule has 0 fully saturated rings. The second-order valence-corrected chi connectivity index (χ2v) is 4.51. The van der Waals surface area contributed by atoms with E-state index in [0.29, 0.717) is 17.8 Å². The van der Waals surface area contributed by atoms with Gasteiger partial charge in [0.15, 0.2) is 0 Å². The summed E-state index contributed by atoms with van der Waals surface area (Å²) in [6.07, 6.45) is 1.56. The van der Waals surface area contributed by atoms with Gasteiger partial charge in [-0.15, -0.1) is 6.58 Å². The van der Waals surface area contributed by atoms with Crippen molar-refractivity contribution >= 4 is 17.5 Å². The Morgan fingerprint density at radius 3 is 2.59 bits per heavy atom. The Labute approximate surface area is 127 Å². The fraction of sp³-hybridized carbons (Fsp3) is 0.0588. The monoisotopic (exact) mass is 298 g/mol. The fourth-order valence-electron chi connectivity index (χ4n) is 1.87. The van der Waals surface area contributed by atoms with Crippen LogP contribution in [0.5, 0.6) is 0 Å². The molecule has 2 rings (SSSR count). The number of anilines is 1. The lowest BCUT2D eigenvalue weighted by Gasteiger charge is -2.11. The lowest BCUT2D eigenvalue weighted by atomic mass is 10.1. The molecule has 5 heteroatoms. The quantitative estimate of drug-likeness (QED) is 0.834.